The lowest BCUT2D eigenvalue weighted by Crippen LogP contribution is -2.58. The van der Waals surface area contributed by atoms with Crippen molar-refractivity contribution in [3.63, 3.8) is 0 Å². The maximum atomic E-state index is 14.0. The van der Waals surface area contributed by atoms with Gasteiger partial charge in [0.25, 0.3) is 0 Å². The lowest BCUT2D eigenvalue weighted by molar-refractivity contribution is -0.159. The van der Waals surface area contributed by atoms with Gasteiger partial charge in [-0.05, 0) is 49.6 Å². The molecular weight excluding hydrogens is 415 g/mol. The summed E-state index contributed by atoms with van der Waals surface area (Å²) in [5, 5.41) is 8.19. The monoisotopic (exact) mass is 432 g/mol. The van der Waals surface area contributed by atoms with Crippen molar-refractivity contribution in [1.29, 1.82) is 0 Å². The van der Waals surface area contributed by atoms with Crippen LogP contribution in [-0.4, -0.2) is 50.9 Å². The highest BCUT2D eigenvalue weighted by Gasteiger charge is 2.38. The first-order valence-electron chi connectivity index (χ1n) is 8.91. The molecule has 0 atom stereocenters. The van der Waals surface area contributed by atoms with Gasteiger partial charge in [0.15, 0.2) is 0 Å². The molecule has 0 radical (unpaired) electrons. The Hall–Kier alpha value is -2.35. The van der Waals surface area contributed by atoms with E-state index in [-0.39, 0.29) is 18.4 Å². The van der Waals surface area contributed by atoms with E-state index < -0.39 is 11.8 Å². The zero-order valence-corrected chi connectivity index (χ0v) is 16.2. The van der Waals surface area contributed by atoms with Crippen molar-refractivity contribution < 1.29 is 14.0 Å². The third-order valence-electron chi connectivity index (χ3n) is 5.13. The van der Waals surface area contributed by atoms with E-state index >= 15 is 0 Å². The molecule has 8 heteroatoms. The van der Waals surface area contributed by atoms with Crippen LogP contribution >= 0.6 is 15.9 Å². The Balaban J connectivity index is 1.45. The fourth-order valence-electron chi connectivity index (χ4n) is 3.36. The molecular formula is C19H18BrFN4O2. The van der Waals surface area contributed by atoms with Crippen LogP contribution in [0.15, 0.2) is 34.8 Å². The molecule has 2 aliphatic rings. The number of hydrogen-bond donors (Lipinski definition) is 0. The van der Waals surface area contributed by atoms with Gasteiger partial charge in [-0.15, -0.1) is 0 Å². The summed E-state index contributed by atoms with van der Waals surface area (Å²) in [5.41, 5.74) is 1.32. The van der Waals surface area contributed by atoms with Gasteiger partial charge in [-0.1, -0.05) is 15.9 Å². The van der Waals surface area contributed by atoms with Crippen molar-refractivity contribution in [2.45, 2.75) is 31.8 Å². The van der Waals surface area contributed by atoms with Gasteiger partial charge in [0.1, 0.15) is 5.82 Å². The Morgan fingerprint density at radius 2 is 1.89 bits per heavy atom. The summed E-state index contributed by atoms with van der Waals surface area (Å²) in [5.74, 6) is -1.29. The Bertz CT molecular complexity index is 886. The standard InChI is InChI=1S/C19H18BrFN4O2/c20-12-4-6-16(21)15(10-12)17-7-5-13(22-23-17)11-24-8-9-25(14-2-1-3-14)19(27)18(24)26/h4-7,10,14H,1-3,8-9,11H2. The van der Waals surface area contributed by atoms with Gasteiger partial charge < -0.3 is 9.80 Å². The molecule has 140 valence electrons. The first-order chi connectivity index (χ1) is 13.0. The summed E-state index contributed by atoms with van der Waals surface area (Å²) >= 11 is 3.32. The molecule has 2 amide bonds. The lowest BCUT2D eigenvalue weighted by Gasteiger charge is -2.42. The van der Waals surface area contributed by atoms with E-state index in [1.165, 1.54) is 11.0 Å². The predicted molar refractivity (Wildman–Crippen MR) is 99.9 cm³/mol. The minimum Gasteiger partial charge on any atom is -0.330 e. The van der Waals surface area contributed by atoms with E-state index in [1.807, 2.05) is 0 Å². The van der Waals surface area contributed by atoms with Crippen LogP contribution in [0.5, 0.6) is 0 Å². The van der Waals surface area contributed by atoms with Gasteiger partial charge in [-0.25, -0.2) is 4.39 Å². The van der Waals surface area contributed by atoms with E-state index in [1.54, 1.807) is 29.2 Å². The average molecular weight is 433 g/mol. The number of benzene rings is 1. The van der Waals surface area contributed by atoms with E-state index in [0.717, 1.165) is 23.7 Å². The third-order valence-corrected chi connectivity index (χ3v) is 5.63. The van der Waals surface area contributed by atoms with Crippen molar-refractivity contribution in [2.24, 2.45) is 0 Å². The molecule has 6 nitrogen and oxygen atoms in total. The van der Waals surface area contributed by atoms with Crippen molar-refractivity contribution in [2.75, 3.05) is 13.1 Å². The Morgan fingerprint density at radius 3 is 2.56 bits per heavy atom. The van der Waals surface area contributed by atoms with Gasteiger partial charge in [0, 0.05) is 29.2 Å². The topological polar surface area (TPSA) is 66.4 Å². The van der Waals surface area contributed by atoms with Gasteiger partial charge >= 0.3 is 11.8 Å². The van der Waals surface area contributed by atoms with Gasteiger partial charge in [-0.3, -0.25) is 9.59 Å². The molecule has 0 spiro atoms. The molecule has 27 heavy (non-hydrogen) atoms. The van der Waals surface area contributed by atoms with Gasteiger partial charge in [0.05, 0.1) is 17.9 Å². The Morgan fingerprint density at radius 1 is 1.07 bits per heavy atom. The third kappa shape index (κ3) is 3.58. The largest absolute Gasteiger partial charge is 0.330 e. The molecule has 0 unspecified atom stereocenters. The minimum atomic E-state index is -0.489. The summed E-state index contributed by atoms with van der Waals surface area (Å²) in [6.45, 7) is 1.27. The lowest BCUT2D eigenvalue weighted by atomic mass is 9.91. The number of carbonyl (C=O) groups is 2. The van der Waals surface area contributed by atoms with Crippen LogP contribution in [-0.2, 0) is 16.1 Å². The maximum Gasteiger partial charge on any atom is 0.312 e. The quantitative estimate of drug-likeness (QED) is 0.696. The van der Waals surface area contributed by atoms with Crippen LogP contribution in [0.3, 0.4) is 0 Å². The predicted octanol–water partition coefficient (Wildman–Crippen LogP) is 2.77. The normalized spacial score (nSPS) is 18.0. The summed E-state index contributed by atoms with van der Waals surface area (Å²) in [7, 11) is 0. The minimum absolute atomic E-state index is 0.220. The fourth-order valence-corrected chi connectivity index (χ4v) is 3.73. The number of hydrogen-bond acceptors (Lipinski definition) is 4. The highest BCUT2D eigenvalue weighted by atomic mass is 79.9. The highest BCUT2D eigenvalue weighted by Crippen LogP contribution is 2.27. The molecule has 1 aliphatic carbocycles. The average Bonchev–Trinajstić information content (AvgIpc) is 2.62. The molecule has 0 bridgehead atoms. The van der Waals surface area contributed by atoms with Crippen LogP contribution < -0.4 is 0 Å². The Kier molecular flexibility index (Phi) is 4.90. The molecule has 1 saturated carbocycles. The SMILES string of the molecule is O=C1C(=O)N(C2CCC2)CCN1Cc1ccc(-c2cc(Br)ccc2F)nn1. The van der Waals surface area contributed by atoms with Gasteiger partial charge in [-0.2, -0.15) is 10.2 Å². The van der Waals surface area contributed by atoms with Crippen LogP contribution in [0.2, 0.25) is 0 Å². The van der Waals surface area contributed by atoms with Gasteiger partial charge in [0.2, 0.25) is 0 Å². The fraction of sp³-hybridized carbons (Fsp3) is 0.368. The second kappa shape index (κ2) is 7.34. The zero-order chi connectivity index (χ0) is 19.0. The van der Waals surface area contributed by atoms with Crippen molar-refractivity contribution >= 4 is 27.7 Å². The van der Waals surface area contributed by atoms with Crippen molar-refractivity contribution in [3.05, 3.63) is 46.3 Å². The van der Waals surface area contributed by atoms with Crippen LogP contribution in [0.25, 0.3) is 11.3 Å². The number of nitrogens with zero attached hydrogens (tertiary/aromatic N) is 4. The number of carbonyl (C=O) groups excluding carboxylic acids is 2. The Labute approximate surface area is 164 Å². The summed E-state index contributed by atoms with van der Waals surface area (Å²) in [6, 6.07) is 8.22. The van der Waals surface area contributed by atoms with Crippen LogP contribution in [0.4, 0.5) is 4.39 Å². The molecule has 1 aromatic carbocycles. The molecule has 1 aromatic heterocycles. The number of halogens is 2. The van der Waals surface area contributed by atoms with E-state index in [0.29, 0.717) is 30.0 Å². The summed E-state index contributed by atoms with van der Waals surface area (Å²) in [6.07, 6.45) is 3.09. The number of piperazine rings is 1. The molecule has 1 saturated heterocycles. The summed E-state index contributed by atoms with van der Waals surface area (Å²) in [4.78, 5) is 27.9. The van der Waals surface area contributed by atoms with E-state index in [9.17, 15) is 14.0 Å². The molecule has 0 N–H and O–H groups in total. The maximum absolute atomic E-state index is 14.0. The zero-order valence-electron chi connectivity index (χ0n) is 14.6. The second-order valence-corrected chi connectivity index (χ2v) is 7.76. The number of amides is 2. The highest BCUT2D eigenvalue weighted by molar-refractivity contribution is 9.10. The molecule has 2 aromatic rings. The van der Waals surface area contributed by atoms with E-state index in [4.69, 9.17) is 0 Å². The van der Waals surface area contributed by atoms with Crippen molar-refractivity contribution in [3.8, 4) is 11.3 Å². The molecule has 2 heterocycles. The second-order valence-electron chi connectivity index (χ2n) is 6.84. The smallest absolute Gasteiger partial charge is 0.312 e. The molecule has 1 aliphatic heterocycles. The van der Waals surface area contributed by atoms with Crippen molar-refractivity contribution in [1.82, 2.24) is 20.0 Å². The molecule has 4 rings (SSSR count). The van der Waals surface area contributed by atoms with Crippen LogP contribution in [0, 0.1) is 5.82 Å². The molecule has 2 fully saturated rings. The van der Waals surface area contributed by atoms with E-state index in [2.05, 4.69) is 26.1 Å². The number of rotatable bonds is 4. The van der Waals surface area contributed by atoms with Crippen LogP contribution in [0.1, 0.15) is 25.0 Å². The first-order valence-corrected chi connectivity index (χ1v) is 9.70. The summed E-state index contributed by atoms with van der Waals surface area (Å²) < 4.78 is 14.7. The number of aromatic nitrogens is 2. The first kappa shape index (κ1) is 18.0.